The van der Waals surface area contributed by atoms with Crippen LogP contribution in [0.1, 0.15) is 5.56 Å². The Bertz CT molecular complexity index is 957. The summed E-state index contributed by atoms with van der Waals surface area (Å²) in [7, 11) is 1.33. The molecule has 0 N–H and O–H groups in total. The van der Waals surface area contributed by atoms with Crippen LogP contribution in [-0.2, 0) is 4.79 Å². The van der Waals surface area contributed by atoms with Crippen LogP contribution in [0.2, 0.25) is 0 Å². The minimum absolute atomic E-state index is 0.0986. The van der Waals surface area contributed by atoms with Crippen molar-refractivity contribution in [2.24, 2.45) is 0 Å². The van der Waals surface area contributed by atoms with E-state index in [2.05, 4.69) is 14.9 Å². The van der Waals surface area contributed by atoms with Crippen molar-refractivity contribution in [1.82, 2.24) is 10.2 Å². The first kappa shape index (κ1) is 19.0. The van der Waals surface area contributed by atoms with Crippen molar-refractivity contribution >= 4 is 12.0 Å². The standard InChI is InChI=1S/C19H14F2N2O5/c1-25-16-10-12(2-8-15(16)28-19(20)21)3-9-17(24)27-14-6-4-13(5-7-14)18-23-22-11-26-18/h2-11,19H,1H3/b9-3+. The quantitative estimate of drug-likeness (QED) is 0.344. The molecule has 0 amide bonds. The van der Waals surface area contributed by atoms with E-state index in [1.807, 2.05) is 0 Å². The first-order valence-corrected chi connectivity index (χ1v) is 7.94. The Morgan fingerprint density at radius 3 is 2.57 bits per heavy atom. The van der Waals surface area contributed by atoms with E-state index < -0.39 is 12.6 Å². The van der Waals surface area contributed by atoms with Gasteiger partial charge in [-0.1, -0.05) is 6.07 Å². The molecule has 0 saturated carbocycles. The van der Waals surface area contributed by atoms with Gasteiger partial charge in [-0.25, -0.2) is 4.79 Å². The predicted molar refractivity (Wildman–Crippen MR) is 94.0 cm³/mol. The molecule has 0 aliphatic heterocycles. The highest BCUT2D eigenvalue weighted by Crippen LogP contribution is 2.30. The van der Waals surface area contributed by atoms with Crippen LogP contribution in [0.4, 0.5) is 8.78 Å². The van der Waals surface area contributed by atoms with E-state index in [1.165, 1.54) is 43.9 Å². The lowest BCUT2D eigenvalue weighted by atomic mass is 10.2. The molecule has 0 fully saturated rings. The van der Waals surface area contributed by atoms with Gasteiger partial charge in [0.25, 0.3) is 0 Å². The van der Waals surface area contributed by atoms with E-state index in [0.717, 1.165) is 0 Å². The van der Waals surface area contributed by atoms with Gasteiger partial charge in [0.15, 0.2) is 11.5 Å². The van der Waals surface area contributed by atoms with Crippen molar-refractivity contribution in [2.45, 2.75) is 6.61 Å². The molecule has 0 bridgehead atoms. The summed E-state index contributed by atoms with van der Waals surface area (Å²) in [6.45, 7) is -2.96. The van der Waals surface area contributed by atoms with E-state index >= 15 is 0 Å². The molecule has 7 nitrogen and oxygen atoms in total. The van der Waals surface area contributed by atoms with Crippen molar-refractivity contribution in [3.05, 3.63) is 60.5 Å². The third kappa shape index (κ3) is 4.91. The van der Waals surface area contributed by atoms with Crippen molar-refractivity contribution < 1.29 is 32.2 Å². The highest BCUT2D eigenvalue weighted by atomic mass is 19.3. The SMILES string of the molecule is COc1cc(/C=C/C(=O)Oc2ccc(-c3nnco3)cc2)ccc1OC(F)F. The molecular formula is C19H14F2N2O5. The molecule has 0 aliphatic rings. The Hall–Kier alpha value is -3.75. The van der Waals surface area contributed by atoms with Gasteiger partial charge in [-0.05, 0) is 48.0 Å². The summed E-state index contributed by atoms with van der Waals surface area (Å²) in [5, 5.41) is 7.37. The zero-order valence-electron chi connectivity index (χ0n) is 14.5. The van der Waals surface area contributed by atoms with Gasteiger partial charge in [-0.15, -0.1) is 10.2 Å². The maximum Gasteiger partial charge on any atom is 0.387 e. The largest absolute Gasteiger partial charge is 0.493 e. The zero-order valence-corrected chi connectivity index (χ0v) is 14.5. The van der Waals surface area contributed by atoms with Crippen LogP contribution in [0, 0.1) is 0 Å². The molecule has 144 valence electrons. The lowest BCUT2D eigenvalue weighted by Crippen LogP contribution is -2.04. The fourth-order valence-electron chi connectivity index (χ4n) is 2.26. The van der Waals surface area contributed by atoms with Gasteiger partial charge < -0.3 is 18.6 Å². The van der Waals surface area contributed by atoms with Gasteiger partial charge in [-0.3, -0.25) is 0 Å². The fraction of sp³-hybridized carbons (Fsp3) is 0.105. The van der Waals surface area contributed by atoms with Gasteiger partial charge in [0.2, 0.25) is 12.3 Å². The zero-order chi connectivity index (χ0) is 19.9. The lowest BCUT2D eigenvalue weighted by molar-refractivity contribution is -0.128. The van der Waals surface area contributed by atoms with Gasteiger partial charge >= 0.3 is 12.6 Å². The van der Waals surface area contributed by atoms with Crippen LogP contribution in [-0.4, -0.2) is 29.9 Å². The van der Waals surface area contributed by atoms with Crippen LogP contribution < -0.4 is 14.2 Å². The Kier molecular flexibility index (Phi) is 5.95. The summed E-state index contributed by atoms with van der Waals surface area (Å²) in [5.74, 6) is 0.0885. The number of esters is 1. The molecule has 3 rings (SSSR count). The van der Waals surface area contributed by atoms with Crippen LogP contribution in [0.15, 0.2) is 59.4 Å². The summed E-state index contributed by atoms with van der Waals surface area (Å²) >= 11 is 0. The van der Waals surface area contributed by atoms with Gasteiger partial charge in [-0.2, -0.15) is 8.78 Å². The van der Waals surface area contributed by atoms with Crippen molar-refractivity contribution in [1.29, 1.82) is 0 Å². The van der Waals surface area contributed by atoms with E-state index in [1.54, 1.807) is 24.3 Å². The number of rotatable bonds is 7. The number of ether oxygens (including phenoxy) is 3. The summed E-state index contributed by atoms with van der Waals surface area (Å²) in [4.78, 5) is 12.0. The third-order valence-corrected chi connectivity index (χ3v) is 3.50. The topological polar surface area (TPSA) is 83.7 Å². The molecule has 0 atom stereocenters. The van der Waals surface area contributed by atoms with Crippen molar-refractivity contribution in [3.63, 3.8) is 0 Å². The molecule has 1 heterocycles. The Balaban J connectivity index is 1.63. The fourth-order valence-corrected chi connectivity index (χ4v) is 2.26. The van der Waals surface area contributed by atoms with E-state index in [9.17, 15) is 13.6 Å². The summed E-state index contributed by atoms with van der Waals surface area (Å²) in [6, 6.07) is 10.8. The maximum atomic E-state index is 12.3. The minimum atomic E-state index is -2.96. The van der Waals surface area contributed by atoms with Crippen LogP contribution in [0.5, 0.6) is 17.2 Å². The molecule has 0 aliphatic carbocycles. The highest BCUT2D eigenvalue weighted by Gasteiger charge is 2.10. The summed E-state index contributed by atoms with van der Waals surface area (Å²) < 4.78 is 44.3. The second-order valence-electron chi connectivity index (χ2n) is 5.31. The molecule has 0 spiro atoms. The Labute approximate surface area is 158 Å². The number of benzene rings is 2. The second kappa shape index (κ2) is 8.76. The average molecular weight is 388 g/mol. The average Bonchev–Trinajstić information content (AvgIpc) is 3.22. The van der Waals surface area contributed by atoms with Crippen LogP contribution in [0.25, 0.3) is 17.5 Å². The number of methoxy groups -OCH3 is 1. The van der Waals surface area contributed by atoms with Crippen molar-refractivity contribution in [3.8, 4) is 28.7 Å². The van der Waals surface area contributed by atoms with Crippen LogP contribution in [0.3, 0.4) is 0 Å². The number of hydrogen-bond acceptors (Lipinski definition) is 7. The lowest BCUT2D eigenvalue weighted by Gasteiger charge is -2.10. The number of carbonyl (C=O) groups excluding carboxylic acids is 1. The molecule has 0 unspecified atom stereocenters. The van der Waals surface area contributed by atoms with Gasteiger partial charge in [0.1, 0.15) is 5.75 Å². The van der Waals surface area contributed by atoms with Gasteiger partial charge in [0.05, 0.1) is 7.11 Å². The molecule has 3 aromatic rings. The second-order valence-corrected chi connectivity index (χ2v) is 5.31. The maximum absolute atomic E-state index is 12.3. The molecule has 0 saturated heterocycles. The molecule has 1 aromatic heterocycles. The normalized spacial score (nSPS) is 11.0. The number of alkyl halides is 2. The molecule has 28 heavy (non-hydrogen) atoms. The van der Waals surface area contributed by atoms with Crippen molar-refractivity contribution in [2.75, 3.05) is 7.11 Å². The van der Waals surface area contributed by atoms with E-state index in [0.29, 0.717) is 22.8 Å². The van der Waals surface area contributed by atoms with Gasteiger partial charge in [0, 0.05) is 11.6 Å². The number of carbonyl (C=O) groups is 1. The first-order valence-electron chi connectivity index (χ1n) is 7.94. The summed E-state index contributed by atoms with van der Waals surface area (Å²) in [5.41, 5.74) is 1.23. The monoisotopic (exact) mass is 388 g/mol. The Morgan fingerprint density at radius 1 is 1.14 bits per heavy atom. The number of hydrogen-bond donors (Lipinski definition) is 0. The number of nitrogens with zero attached hydrogens (tertiary/aromatic N) is 2. The van der Waals surface area contributed by atoms with E-state index in [-0.39, 0.29) is 11.5 Å². The predicted octanol–water partition coefficient (Wildman–Crippen LogP) is 3.97. The number of aromatic nitrogens is 2. The molecule has 0 radical (unpaired) electrons. The van der Waals surface area contributed by atoms with Crippen LogP contribution >= 0.6 is 0 Å². The first-order chi connectivity index (χ1) is 13.5. The molecule has 2 aromatic carbocycles. The minimum Gasteiger partial charge on any atom is -0.493 e. The third-order valence-electron chi connectivity index (χ3n) is 3.50. The Morgan fingerprint density at radius 2 is 1.93 bits per heavy atom. The van der Waals surface area contributed by atoms with E-state index in [4.69, 9.17) is 13.9 Å². The smallest absolute Gasteiger partial charge is 0.387 e. The highest BCUT2D eigenvalue weighted by molar-refractivity contribution is 5.88. The summed E-state index contributed by atoms with van der Waals surface area (Å²) in [6.07, 6.45) is 3.88. The molecular weight excluding hydrogens is 374 g/mol. The number of halogens is 2. The molecule has 9 heteroatoms.